The molecule has 1 aromatic heterocycles. The number of rotatable bonds is 6. The Morgan fingerprint density at radius 2 is 1.70 bits per heavy atom. The summed E-state index contributed by atoms with van der Waals surface area (Å²) in [6, 6.07) is 14.6. The maximum atomic E-state index is 12.3. The van der Waals surface area contributed by atoms with Crippen molar-refractivity contribution in [2.24, 2.45) is 0 Å². The molecule has 0 spiro atoms. The number of para-hydroxylation sites is 1. The lowest BCUT2D eigenvalue weighted by atomic mass is 10.2. The quantitative estimate of drug-likeness (QED) is 0.621. The summed E-state index contributed by atoms with van der Waals surface area (Å²) < 4.78 is 5.40. The summed E-state index contributed by atoms with van der Waals surface area (Å²) in [5.41, 5.74) is 1.50. The summed E-state index contributed by atoms with van der Waals surface area (Å²) in [6.45, 7) is 4.12. The van der Waals surface area contributed by atoms with E-state index in [-0.39, 0.29) is 5.91 Å². The fourth-order valence-electron chi connectivity index (χ4n) is 3.29. The van der Waals surface area contributed by atoms with Crippen LogP contribution in [0.3, 0.4) is 0 Å². The molecule has 4 rings (SSSR count). The second-order valence-corrected chi connectivity index (χ2v) is 7.94. The monoisotopic (exact) mass is 445 g/mol. The minimum absolute atomic E-state index is 0.0685. The Morgan fingerprint density at radius 3 is 2.43 bits per heavy atom. The number of benzene rings is 2. The van der Waals surface area contributed by atoms with Gasteiger partial charge in [0.05, 0.1) is 23.8 Å². The van der Waals surface area contributed by atoms with Gasteiger partial charge >= 0.3 is 0 Å². The average Bonchev–Trinajstić information content (AvgIpc) is 3.20. The molecule has 7 nitrogen and oxygen atoms in total. The maximum absolute atomic E-state index is 12.3. The van der Waals surface area contributed by atoms with Crippen molar-refractivity contribution >= 4 is 34.8 Å². The molecule has 1 N–H and O–H groups in total. The van der Waals surface area contributed by atoms with Crippen LogP contribution in [-0.2, 0) is 11.3 Å². The van der Waals surface area contributed by atoms with Crippen molar-refractivity contribution in [3.05, 3.63) is 64.5 Å². The third kappa shape index (κ3) is 5.37. The first-order valence-corrected chi connectivity index (χ1v) is 10.4. The smallest absolute Gasteiger partial charge is 0.241 e. The van der Waals surface area contributed by atoms with Gasteiger partial charge in [0.1, 0.15) is 0 Å². The van der Waals surface area contributed by atoms with E-state index in [9.17, 15) is 4.79 Å². The SMILES string of the molecule is O=C(CN1CCN(Cc2nc(-c3ccc(Cl)cc3)no2)CC1)Nc1ccccc1Cl. The Labute approximate surface area is 184 Å². The van der Waals surface area contributed by atoms with Gasteiger partial charge in [-0.05, 0) is 36.4 Å². The highest BCUT2D eigenvalue weighted by Gasteiger charge is 2.21. The van der Waals surface area contributed by atoms with E-state index >= 15 is 0 Å². The molecule has 1 fully saturated rings. The van der Waals surface area contributed by atoms with Crippen LogP contribution in [0.1, 0.15) is 5.89 Å². The van der Waals surface area contributed by atoms with E-state index in [1.165, 1.54) is 0 Å². The number of amides is 1. The van der Waals surface area contributed by atoms with Gasteiger partial charge in [-0.2, -0.15) is 4.98 Å². The Morgan fingerprint density at radius 1 is 1.00 bits per heavy atom. The number of nitrogens with one attached hydrogen (secondary N) is 1. The lowest BCUT2D eigenvalue weighted by Gasteiger charge is -2.33. The van der Waals surface area contributed by atoms with Crippen LogP contribution in [0.4, 0.5) is 5.69 Å². The number of hydrogen-bond donors (Lipinski definition) is 1. The highest BCUT2D eigenvalue weighted by molar-refractivity contribution is 6.33. The zero-order valence-electron chi connectivity index (χ0n) is 16.2. The van der Waals surface area contributed by atoms with Crippen molar-refractivity contribution in [2.75, 3.05) is 38.0 Å². The third-order valence-electron chi connectivity index (χ3n) is 4.91. The van der Waals surface area contributed by atoms with E-state index in [0.29, 0.717) is 40.5 Å². The molecule has 30 heavy (non-hydrogen) atoms. The predicted molar refractivity (Wildman–Crippen MR) is 117 cm³/mol. The summed E-state index contributed by atoms with van der Waals surface area (Å²) >= 11 is 12.0. The molecule has 0 unspecified atom stereocenters. The maximum Gasteiger partial charge on any atom is 0.241 e. The number of hydrogen-bond acceptors (Lipinski definition) is 6. The molecule has 1 aliphatic heterocycles. The zero-order chi connectivity index (χ0) is 20.9. The molecule has 2 aromatic carbocycles. The van der Waals surface area contributed by atoms with E-state index in [4.69, 9.17) is 27.7 Å². The Balaban J connectivity index is 1.24. The van der Waals surface area contributed by atoms with Crippen LogP contribution in [0.25, 0.3) is 11.4 Å². The molecule has 1 amide bonds. The summed E-state index contributed by atoms with van der Waals surface area (Å²) in [7, 11) is 0. The molecule has 0 atom stereocenters. The number of anilines is 1. The minimum atomic E-state index is -0.0685. The fourth-order valence-corrected chi connectivity index (χ4v) is 3.60. The van der Waals surface area contributed by atoms with Gasteiger partial charge in [-0.15, -0.1) is 0 Å². The largest absolute Gasteiger partial charge is 0.338 e. The minimum Gasteiger partial charge on any atom is -0.338 e. The van der Waals surface area contributed by atoms with Crippen molar-refractivity contribution in [1.82, 2.24) is 19.9 Å². The molecular weight excluding hydrogens is 425 g/mol. The lowest BCUT2D eigenvalue weighted by molar-refractivity contribution is -0.117. The number of aromatic nitrogens is 2. The Hall–Kier alpha value is -2.45. The van der Waals surface area contributed by atoms with Crippen LogP contribution in [0.5, 0.6) is 0 Å². The fraction of sp³-hybridized carbons (Fsp3) is 0.286. The van der Waals surface area contributed by atoms with Crippen LogP contribution in [0, 0.1) is 0 Å². The van der Waals surface area contributed by atoms with Crippen LogP contribution in [0.15, 0.2) is 53.1 Å². The van der Waals surface area contributed by atoms with Crippen molar-refractivity contribution < 1.29 is 9.32 Å². The van der Waals surface area contributed by atoms with Crippen LogP contribution >= 0.6 is 23.2 Å². The first-order valence-electron chi connectivity index (χ1n) is 9.64. The van der Waals surface area contributed by atoms with Crippen LogP contribution < -0.4 is 5.32 Å². The summed E-state index contributed by atoms with van der Waals surface area (Å²) in [5, 5.41) is 8.12. The van der Waals surface area contributed by atoms with Gasteiger partial charge in [-0.1, -0.05) is 40.5 Å². The molecule has 0 bridgehead atoms. The Bertz CT molecular complexity index is 1000. The predicted octanol–water partition coefficient (Wildman–Crippen LogP) is 3.80. The van der Waals surface area contributed by atoms with E-state index in [0.717, 1.165) is 31.7 Å². The zero-order valence-corrected chi connectivity index (χ0v) is 17.7. The van der Waals surface area contributed by atoms with Gasteiger partial charge in [0.15, 0.2) is 0 Å². The van der Waals surface area contributed by atoms with Crippen molar-refractivity contribution in [1.29, 1.82) is 0 Å². The molecule has 1 saturated heterocycles. The van der Waals surface area contributed by atoms with Gasteiger partial charge in [0.2, 0.25) is 17.6 Å². The summed E-state index contributed by atoms with van der Waals surface area (Å²) in [4.78, 5) is 21.1. The molecule has 0 radical (unpaired) electrons. The molecule has 9 heteroatoms. The number of carbonyl (C=O) groups is 1. The average molecular weight is 446 g/mol. The van der Waals surface area contributed by atoms with E-state index < -0.39 is 0 Å². The topological polar surface area (TPSA) is 74.5 Å². The first kappa shape index (κ1) is 20.8. The van der Waals surface area contributed by atoms with E-state index in [1.54, 1.807) is 24.3 Å². The second kappa shape index (κ2) is 9.57. The molecular formula is C21H21Cl2N5O2. The third-order valence-corrected chi connectivity index (χ3v) is 5.49. The number of carbonyl (C=O) groups excluding carboxylic acids is 1. The van der Waals surface area contributed by atoms with Crippen molar-refractivity contribution in [3.8, 4) is 11.4 Å². The normalized spacial score (nSPS) is 15.3. The standard InChI is InChI=1S/C21H21Cl2N5O2/c22-16-7-5-15(6-8-16)21-25-20(30-26-21)14-28-11-9-27(10-12-28)13-19(29)24-18-4-2-1-3-17(18)23/h1-8H,9-14H2,(H,24,29). The molecule has 3 aromatic rings. The van der Waals surface area contributed by atoms with Gasteiger partial charge in [0.25, 0.3) is 0 Å². The summed E-state index contributed by atoms with van der Waals surface area (Å²) in [6.07, 6.45) is 0. The highest BCUT2D eigenvalue weighted by Crippen LogP contribution is 2.21. The summed E-state index contributed by atoms with van der Waals surface area (Å²) in [5.74, 6) is 1.06. The first-order chi connectivity index (χ1) is 14.6. The second-order valence-electron chi connectivity index (χ2n) is 7.10. The number of piperazine rings is 1. The van der Waals surface area contributed by atoms with Gasteiger partial charge in [-0.3, -0.25) is 14.6 Å². The molecule has 2 heterocycles. The number of nitrogens with zero attached hydrogens (tertiary/aromatic N) is 4. The lowest BCUT2D eigenvalue weighted by Crippen LogP contribution is -2.48. The molecule has 0 saturated carbocycles. The van der Waals surface area contributed by atoms with Gasteiger partial charge in [0, 0.05) is 36.8 Å². The van der Waals surface area contributed by atoms with Crippen LogP contribution in [-0.4, -0.2) is 58.6 Å². The van der Waals surface area contributed by atoms with E-state index in [2.05, 4.69) is 25.3 Å². The Kier molecular flexibility index (Phi) is 6.64. The highest BCUT2D eigenvalue weighted by atomic mass is 35.5. The van der Waals surface area contributed by atoms with E-state index in [1.807, 2.05) is 24.3 Å². The molecule has 156 valence electrons. The van der Waals surface area contributed by atoms with Gasteiger partial charge < -0.3 is 9.84 Å². The van der Waals surface area contributed by atoms with Gasteiger partial charge in [-0.25, -0.2) is 0 Å². The van der Waals surface area contributed by atoms with Crippen molar-refractivity contribution in [2.45, 2.75) is 6.54 Å². The number of halogens is 2. The van der Waals surface area contributed by atoms with Crippen molar-refractivity contribution in [3.63, 3.8) is 0 Å². The molecule has 0 aliphatic carbocycles. The van der Waals surface area contributed by atoms with Crippen LogP contribution in [0.2, 0.25) is 10.0 Å². The molecule has 1 aliphatic rings.